The molecular weight excluding hydrogens is 468 g/mol. The number of hydrogen-bond acceptors (Lipinski definition) is 5. The van der Waals surface area contributed by atoms with Crippen molar-refractivity contribution < 1.29 is 23.9 Å². The van der Waals surface area contributed by atoms with Gasteiger partial charge >= 0.3 is 0 Å². The number of Topliss-reactive ketones (excluding diaryl/α,β-unsaturated/α-hetero) is 1. The Balaban J connectivity index is 1.47. The maximum atomic E-state index is 13.0. The maximum Gasteiger partial charge on any atom is 0.237 e. The number of carbonyl (C=O) groups is 3. The first-order valence-electron chi connectivity index (χ1n) is 11.1. The van der Waals surface area contributed by atoms with Crippen molar-refractivity contribution in [3.63, 3.8) is 0 Å². The monoisotopic (exact) mass is 492 g/mol. The van der Waals surface area contributed by atoms with Crippen LogP contribution >= 0.6 is 11.6 Å². The third-order valence-corrected chi connectivity index (χ3v) is 6.28. The largest absolute Gasteiger partial charge is 0.493 e. The van der Waals surface area contributed by atoms with E-state index in [2.05, 4.69) is 10.6 Å². The molecule has 3 aromatic rings. The molecule has 180 valence electrons. The van der Waals surface area contributed by atoms with Crippen LogP contribution in [-0.2, 0) is 22.4 Å². The molecule has 2 N–H and O–H groups in total. The Kier molecular flexibility index (Phi) is 7.36. The first-order valence-corrected chi connectivity index (χ1v) is 11.5. The molecule has 35 heavy (non-hydrogen) atoms. The molecule has 1 heterocycles. The van der Waals surface area contributed by atoms with E-state index in [1.165, 1.54) is 14.2 Å². The Morgan fingerprint density at radius 2 is 1.74 bits per heavy atom. The summed E-state index contributed by atoms with van der Waals surface area (Å²) in [7, 11) is 3.03. The molecule has 0 spiro atoms. The molecule has 0 radical (unpaired) electrons. The molecule has 3 aromatic carbocycles. The number of ether oxygens (including phenoxy) is 2. The highest BCUT2D eigenvalue weighted by molar-refractivity contribution is 6.34. The van der Waals surface area contributed by atoms with E-state index in [9.17, 15) is 14.4 Å². The van der Waals surface area contributed by atoms with Gasteiger partial charge in [-0.25, -0.2) is 0 Å². The molecule has 8 heteroatoms. The van der Waals surface area contributed by atoms with Gasteiger partial charge in [0.2, 0.25) is 11.8 Å². The van der Waals surface area contributed by atoms with E-state index in [0.717, 1.165) is 11.1 Å². The number of rotatable bonds is 8. The lowest BCUT2D eigenvalue weighted by atomic mass is 9.92. The van der Waals surface area contributed by atoms with Gasteiger partial charge in [-0.05, 0) is 48.2 Å². The number of aryl methyl sites for hydroxylation is 1. The maximum absolute atomic E-state index is 13.0. The molecule has 1 aliphatic heterocycles. The third kappa shape index (κ3) is 5.46. The summed E-state index contributed by atoms with van der Waals surface area (Å²) in [5.74, 6) is -1.01. The molecule has 0 fully saturated rings. The average molecular weight is 493 g/mol. The summed E-state index contributed by atoms with van der Waals surface area (Å²) < 4.78 is 10.6. The summed E-state index contributed by atoms with van der Waals surface area (Å²) >= 11 is 6.29. The number of carbonyl (C=O) groups excluding carboxylic acids is 3. The van der Waals surface area contributed by atoms with Crippen LogP contribution in [0.5, 0.6) is 11.5 Å². The number of hydrogen-bond donors (Lipinski definition) is 2. The van der Waals surface area contributed by atoms with E-state index in [1.807, 2.05) is 30.3 Å². The van der Waals surface area contributed by atoms with Gasteiger partial charge in [0, 0.05) is 23.7 Å². The fourth-order valence-electron chi connectivity index (χ4n) is 4.01. The summed E-state index contributed by atoms with van der Waals surface area (Å²) in [6.45, 7) is 0. The quantitative estimate of drug-likeness (QED) is 0.344. The second-order valence-electron chi connectivity index (χ2n) is 8.20. The van der Waals surface area contributed by atoms with Crippen molar-refractivity contribution in [2.75, 3.05) is 24.9 Å². The van der Waals surface area contributed by atoms with E-state index in [-0.39, 0.29) is 22.9 Å². The number of benzene rings is 3. The summed E-state index contributed by atoms with van der Waals surface area (Å²) in [5, 5.41) is 5.76. The Labute approximate surface area is 208 Å². The van der Waals surface area contributed by atoms with Gasteiger partial charge in [0.25, 0.3) is 0 Å². The third-order valence-electron chi connectivity index (χ3n) is 5.95. The summed E-state index contributed by atoms with van der Waals surface area (Å²) in [4.78, 5) is 38.5. The zero-order valence-electron chi connectivity index (χ0n) is 19.4. The number of halogens is 1. The summed E-state index contributed by atoms with van der Waals surface area (Å²) in [6.07, 6.45) is 1.12. The highest BCUT2D eigenvalue weighted by Gasteiger charge is 2.33. The lowest BCUT2D eigenvalue weighted by Gasteiger charge is -2.25. The van der Waals surface area contributed by atoms with Crippen molar-refractivity contribution in [3.8, 4) is 11.5 Å². The molecule has 0 aliphatic carbocycles. The molecule has 0 aromatic heterocycles. The van der Waals surface area contributed by atoms with Gasteiger partial charge in [-0.15, -0.1) is 0 Å². The van der Waals surface area contributed by atoms with Crippen LogP contribution in [0.15, 0.2) is 60.7 Å². The molecule has 1 aliphatic rings. The van der Waals surface area contributed by atoms with Gasteiger partial charge in [-0.3, -0.25) is 14.4 Å². The van der Waals surface area contributed by atoms with Crippen LogP contribution < -0.4 is 20.1 Å². The number of anilines is 2. The molecule has 7 nitrogen and oxygen atoms in total. The van der Waals surface area contributed by atoms with Gasteiger partial charge in [0.05, 0.1) is 24.9 Å². The van der Waals surface area contributed by atoms with Gasteiger partial charge in [0.1, 0.15) is 5.92 Å². The van der Waals surface area contributed by atoms with Crippen molar-refractivity contribution in [2.45, 2.75) is 19.3 Å². The minimum Gasteiger partial charge on any atom is -0.493 e. The van der Waals surface area contributed by atoms with E-state index in [1.54, 1.807) is 30.3 Å². The van der Waals surface area contributed by atoms with Crippen LogP contribution in [0.25, 0.3) is 0 Å². The molecule has 1 unspecified atom stereocenters. The van der Waals surface area contributed by atoms with Crippen LogP contribution in [0.4, 0.5) is 11.4 Å². The predicted octanol–water partition coefficient (Wildman–Crippen LogP) is 4.92. The number of nitrogens with one attached hydrogen (secondary N) is 2. The van der Waals surface area contributed by atoms with Crippen LogP contribution in [0, 0.1) is 5.92 Å². The lowest BCUT2D eigenvalue weighted by molar-refractivity contribution is -0.129. The smallest absolute Gasteiger partial charge is 0.237 e. The highest BCUT2D eigenvalue weighted by atomic mass is 35.5. The Morgan fingerprint density at radius 1 is 1.03 bits per heavy atom. The lowest BCUT2D eigenvalue weighted by Crippen LogP contribution is -2.38. The van der Waals surface area contributed by atoms with E-state index in [4.69, 9.17) is 21.1 Å². The van der Waals surface area contributed by atoms with Gasteiger partial charge in [0.15, 0.2) is 17.3 Å². The second kappa shape index (κ2) is 10.6. The van der Waals surface area contributed by atoms with Crippen LogP contribution in [0.1, 0.15) is 27.9 Å². The minimum absolute atomic E-state index is 0.0635. The molecular formula is C27H25ClN2O5. The topological polar surface area (TPSA) is 93.7 Å². The van der Waals surface area contributed by atoms with Crippen molar-refractivity contribution in [3.05, 3.63) is 82.4 Å². The molecule has 0 saturated heterocycles. The van der Waals surface area contributed by atoms with Crippen molar-refractivity contribution in [2.24, 2.45) is 5.92 Å². The van der Waals surface area contributed by atoms with Crippen LogP contribution in [0.3, 0.4) is 0 Å². The van der Waals surface area contributed by atoms with Crippen LogP contribution in [0.2, 0.25) is 5.02 Å². The normalized spacial score (nSPS) is 14.5. The molecule has 2 amide bonds. The van der Waals surface area contributed by atoms with Gasteiger partial charge in [-0.1, -0.05) is 41.9 Å². The van der Waals surface area contributed by atoms with Gasteiger partial charge < -0.3 is 20.1 Å². The average Bonchev–Trinajstić information content (AvgIpc) is 2.87. The molecule has 1 atom stereocenters. The van der Waals surface area contributed by atoms with Gasteiger partial charge in [-0.2, -0.15) is 0 Å². The van der Waals surface area contributed by atoms with Crippen LogP contribution in [-0.4, -0.2) is 31.8 Å². The summed E-state index contributed by atoms with van der Waals surface area (Å²) in [5.41, 5.74) is 3.12. The van der Waals surface area contributed by atoms with E-state index < -0.39 is 17.7 Å². The number of methoxy groups -OCH3 is 2. The zero-order chi connectivity index (χ0) is 24.9. The minimum atomic E-state index is -0.978. The molecule has 0 bridgehead atoms. The van der Waals surface area contributed by atoms with E-state index in [0.29, 0.717) is 35.6 Å². The number of ketones is 1. The standard InChI is InChI=1S/C27H25ClN2O5/c1-34-24-14-18-12-19(26(32)29-21(18)15-25(24)35-2)27(33)30-22-13-17(9-10-20(22)28)23(31)11-8-16-6-4-3-5-7-16/h3-7,9-10,13-15,19H,8,11-12H2,1-2H3,(H,29,32)(H,30,33). The van der Waals surface area contributed by atoms with Crippen molar-refractivity contribution >= 4 is 40.6 Å². The molecule has 0 saturated carbocycles. The zero-order valence-corrected chi connectivity index (χ0v) is 20.1. The second-order valence-corrected chi connectivity index (χ2v) is 8.61. The number of fused-ring (bicyclic) bond motifs is 1. The van der Waals surface area contributed by atoms with Crippen molar-refractivity contribution in [1.82, 2.24) is 0 Å². The van der Waals surface area contributed by atoms with Crippen molar-refractivity contribution in [1.29, 1.82) is 0 Å². The Bertz CT molecular complexity index is 1280. The highest BCUT2D eigenvalue weighted by Crippen LogP contribution is 2.37. The first-order chi connectivity index (χ1) is 16.9. The summed E-state index contributed by atoms with van der Waals surface area (Å²) in [6, 6.07) is 17.9. The SMILES string of the molecule is COc1cc2c(cc1OC)NC(=O)C(C(=O)Nc1cc(C(=O)CCc3ccccc3)ccc1Cl)C2. The molecule has 4 rings (SSSR count). The first kappa shape index (κ1) is 24.3. The predicted molar refractivity (Wildman–Crippen MR) is 135 cm³/mol. The fourth-order valence-corrected chi connectivity index (χ4v) is 4.18. The Hall–Kier alpha value is -3.84. The van der Waals surface area contributed by atoms with E-state index >= 15 is 0 Å². The Morgan fingerprint density at radius 3 is 2.46 bits per heavy atom. The number of amides is 2. The fraction of sp³-hybridized carbons (Fsp3) is 0.222.